The van der Waals surface area contributed by atoms with E-state index in [9.17, 15) is 9.59 Å². The second-order valence-corrected chi connectivity index (χ2v) is 9.51. The van der Waals surface area contributed by atoms with Crippen LogP contribution in [0.4, 0.5) is 5.13 Å². The zero-order valence-corrected chi connectivity index (χ0v) is 17.4. The molecule has 0 aromatic carbocycles. The molecule has 2 N–H and O–H groups in total. The van der Waals surface area contributed by atoms with Crippen LogP contribution >= 0.6 is 11.3 Å². The van der Waals surface area contributed by atoms with E-state index in [0.717, 1.165) is 37.3 Å². The van der Waals surface area contributed by atoms with Crippen molar-refractivity contribution in [3.63, 3.8) is 0 Å². The SMILES string of the molecule is Nc1nc(C(=O)N2C[C@@H]3C[C@H](C2)c2ccc(CN4CCCCC4)c(=O)n2C3)cs1. The number of hydrogen-bond donors (Lipinski definition) is 1. The summed E-state index contributed by atoms with van der Waals surface area (Å²) in [6.45, 7) is 4.94. The van der Waals surface area contributed by atoms with E-state index >= 15 is 0 Å². The Morgan fingerprint density at radius 2 is 2.00 bits per heavy atom. The molecule has 2 bridgehead atoms. The smallest absolute Gasteiger partial charge is 0.273 e. The number of anilines is 1. The van der Waals surface area contributed by atoms with Crippen LogP contribution in [-0.4, -0.2) is 51.4 Å². The summed E-state index contributed by atoms with van der Waals surface area (Å²) in [4.78, 5) is 34.5. The normalized spacial score (nSPS) is 24.3. The minimum absolute atomic E-state index is 0.0508. The number of carbonyl (C=O) groups is 1. The van der Waals surface area contributed by atoms with Crippen molar-refractivity contribution in [2.24, 2.45) is 5.92 Å². The summed E-state index contributed by atoms with van der Waals surface area (Å²) >= 11 is 1.29. The zero-order chi connectivity index (χ0) is 20.0. The summed E-state index contributed by atoms with van der Waals surface area (Å²) in [5, 5.41) is 2.15. The van der Waals surface area contributed by atoms with Gasteiger partial charge in [-0.1, -0.05) is 12.5 Å². The number of likely N-dealkylation sites (tertiary alicyclic amines) is 2. The highest BCUT2D eigenvalue weighted by atomic mass is 32.1. The van der Waals surface area contributed by atoms with Crippen molar-refractivity contribution in [1.29, 1.82) is 0 Å². The number of carbonyl (C=O) groups excluding carboxylic acids is 1. The molecule has 2 aromatic rings. The second kappa shape index (κ2) is 7.57. The Bertz CT molecular complexity index is 978. The molecule has 154 valence electrons. The number of rotatable bonds is 3. The largest absolute Gasteiger partial charge is 0.375 e. The first-order valence-electron chi connectivity index (χ1n) is 10.5. The van der Waals surface area contributed by atoms with Crippen molar-refractivity contribution in [2.75, 3.05) is 31.9 Å². The number of piperidine rings is 2. The maximum absolute atomic E-state index is 13.2. The third kappa shape index (κ3) is 3.59. The predicted octanol–water partition coefficient (Wildman–Crippen LogP) is 2.13. The van der Waals surface area contributed by atoms with Crippen LogP contribution in [-0.2, 0) is 13.1 Å². The number of hydrogen-bond acceptors (Lipinski definition) is 6. The van der Waals surface area contributed by atoms with E-state index in [2.05, 4.69) is 16.0 Å². The molecular weight excluding hydrogens is 386 g/mol. The average Bonchev–Trinajstić information content (AvgIpc) is 3.17. The molecule has 0 aliphatic carbocycles. The molecule has 7 nitrogen and oxygen atoms in total. The number of pyridine rings is 1. The van der Waals surface area contributed by atoms with Gasteiger partial charge >= 0.3 is 0 Å². The Kier molecular flexibility index (Phi) is 4.91. The van der Waals surface area contributed by atoms with Gasteiger partial charge in [0.25, 0.3) is 11.5 Å². The van der Waals surface area contributed by atoms with Gasteiger partial charge in [0.15, 0.2) is 5.13 Å². The van der Waals surface area contributed by atoms with E-state index in [-0.39, 0.29) is 17.4 Å². The number of nitrogens with zero attached hydrogens (tertiary/aromatic N) is 4. The second-order valence-electron chi connectivity index (χ2n) is 8.62. The number of thiazole rings is 1. The van der Waals surface area contributed by atoms with Crippen LogP contribution in [0.1, 0.15) is 53.3 Å². The number of nitrogen functional groups attached to an aromatic ring is 1. The zero-order valence-electron chi connectivity index (χ0n) is 16.5. The summed E-state index contributed by atoms with van der Waals surface area (Å²) in [6.07, 6.45) is 4.79. The van der Waals surface area contributed by atoms with E-state index in [1.807, 2.05) is 15.5 Å². The third-order valence-corrected chi connectivity index (χ3v) is 7.23. The van der Waals surface area contributed by atoms with E-state index in [1.165, 1.54) is 30.6 Å². The molecule has 2 aromatic heterocycles. The lowest BCUT2D eigenvalue weighted by molar-refractivity contribution is 0.0589. The minimum Gasteiger partial charge on any atom is -0.375 e. The Morgan fingerprint density at radius 1 is 1.17 bits per heavy atom. The predicted molar refractivity (Wildman–Crippen MR) is 113 cm³/mol. The quantitative estimate of drug-likeness (QED) is 0.833. The summed E-state index contributed by atoms with van der Waals surface area (Å²) in [5.74, 6) is 0.466. The Balaban J connectivity index is 1.37. The Morgan fingerprint density at radius 3 is 2.76 bits per heavy atom. The molecule has 0 saturated carbocycles. The maximum Gasteiger partial charge on any atom is 0.273 e. The van der Waals surface area contributed by atoms with Gasteiger partial charge in [-0.3, -0.25) is 14.5 Å². The van der Waals surface area contributed by atoms with Gasteiger partial charge in [0.2, 0.25) is 0 Å². The molecule has 0 radical (unpaired) electrons. The van der Waals surface area contributed by atoms with Gasteiger partial charge in [-0.2, -0.15) is 0 Å². The highest BCUT2D eigenvalue weighted by Gasteiger charge is 2.37. The summed E-state index contributed by atoms with van der Waals surface area (Å²) in [6, 6.07) is 4.14. The maximum atomic E-state index is 13.2. The van der Waals surface area contributed by atoms with Crippen molar-refractivity contribution in [1.82, 2.24) is 19.4 Å². The molecule has 2 saturated heterocycles. The number of nitrogens with two attached hydrogens (primary N) is 1. The van der Waals surface area contributed by atoms with Gasteiger partial charge in [-0.05, 0) is 44.3 Å². The van der Waals surface area contributed by atoms with Crippen LogP contribution in [0.5, 0.6) is 0 Å². The van der Waals surface area contributed by atoms with Crippen molar-refractivity contribution >= 4 is 22.4 Å². The first-order valence-corrected chi connectivity index (χ1v) is 11.4. The lowest BCUT2D eigenvalue weighted by Crippen LogP contribution is -2.49. The lowest BCUT2D eigenvalue weighted by Gasteiger charge is -2.42. The third-order valence-electron chi connectivity index (χ3n) is 6.55. The molecular formula is C21H27N5O2S. The molecule has 29 heavy (non-hydrogen) atoms. The van der Waals surface area contributed by atoms with Crippen molar-refractivity contribution in [3.05, 3.63) is 44.8 Å². The summed E-state index contributed by atoms with van der Waals surface area (Å²) in [5.41, 5.74) is 8.27. The molecule has 3 aliphatic heterocycles. The van der Waals surface area contributed by atoms with Crippen LogP contribution in [0.15, 0.2) is 22.3 Å². The van der Waals surface area contributed by atoms with Crippen LogP contribution in [0.25, 0.3) is 0 Å². The molecule has 0 spiro atoms. The fourth-order valence-corrected chi connectivity index (χ4v) is 5.72. The fraction of sp³-hybridized carbons (Fsp3) is 0.571. The Hall–Kier alpha value is -2.19. The molecule has 0 unspecified atom stereocenters. The number of fused-ring (bicyclic) bond motifs is 4. The summed E-state index contributed by atoms with van der Waals surface area (Å²) in [7, 11) is 0. The highest BCUT2D eigenvalue weighted by molar-refractivity contribution is 7.13. The molecule has 3 aliphatic rings. The molecule has 5 rings (SSSR count). The van der Waals surface area contributed by atoms with Crippen LogP contribution in [0.3, 0.4) is 0 Å². The van der Waals surface area contributed by atoms with Gasteiger partial charge in [0, 0.05) is 48.7 Å². The highest BCUT2D eigenvalue weighted by Crippen LogP contribution is 2.36. The molecule has 8 heteroatoms. The van der Waals surface area contributed by atoms with Crippen molar-refractivity contribution in [2.45, 2.75) is 44.7 Å². The van der Waals surface area contributed by atoms with Crippen LogP contribution < -0.4 is 11.3 Å². The number of aromatic nitrogens is 2. The molecule has 5 heterocycles. The van der Waals surface area contributed by atoms with Gasteiger partial charge in [0.05, 0.1) is 0 Å². The lowest BCUT2D eigenvalue weighted by atomic mass is 9.83. The van der Waals surface area contributed by atoms with Crippen molar-refractivity contribution < 1.29 is 4.79 Å². The van der Waals surface area contributed by atoms with Crippen molar-refractivity contribution in [3.8, 4) is 0 Å². The monoisotopic (exact) mass is 413 g/mol. The first kappa shape index (κ1) is 18.8. The molecule has 2 atom stereocenters. The van der Waals surface area contributed by atoms with Crippen LogP contribution in [0.2, 0.25) is 0 Å². The van der Waals surface area contributed by atoms with E-state index in [0.29, 0.717) is 36.4 Å². The van der Waals surface area contributed by atoms with E-state index < -0.39 is 0 Å². The average molecular weight is 414 g/mol. The van der Waals surface area contributed by atoms with Gasteiger partial charge in [-0.25, -0.2) is 4.98 Å². The Labute approximate surface area is 174 Å². The minimum atomic E-state index is -0.0508. The standard InChI is InChI=1S/C21H27N5O2S/c22-21-23-17(13-29-21)20(28)25-9-14-8-16(12-25)18-5-4-15(19(27)26(18)10-14)11-24-6-2-1-3-7-24/h4-5,13-14,16H,1-3,6-12H2,(H2,22,23)/t14-,16+/m0/s1. The first-order chi connectivity index (χ1) is 14.1. The molecule has 2 fully saturated rings. The fourth-order valence-electron chi connectivity index (χ4n) is 5.18. The molecule has 1 amide bonds. The van der Waals surface area contributed by atoms with E-state index in [1.54, 1.807) is 5.38 Å². The topological polar surface area (TPSA) is 84.5 Å². The van der Waals surface area contributed by atoms with Gasteiger partial charge in [-0.15, -0.1) is 11.3 Å². The summed E-state index contributed by atoms with van der Waals surface area (Å²) < 4.78 is 1.99. The number of amides is 1. The van der Waals surface area contributed by atoms with Gasteiger partial charge in [0.1, 0.15) is 5.69 Å². The van der Waals surface area contributed by atoms with E-state index in [4.69, 9.17) is 5.73 Å². The van der Waals surface area contributed by atoms with Gasteiger partial charge < -0.3 is 15.2 Å². The van der Waals surface area contributed by atoms with Crippen LogP contribution in [0, 0.1) is 5.92 Å².